The summed E-state index contributed by atoms with van der Waals surface area (Å²) in [6.45, 7) is 8.93. The molecule has 0 radical (unpaired) electrons. The molecular formula is C29H29Cl2N3O. The third-order valence-corrected chi connectivity index (χ3v) is 7.72. The van der Waals surface area contributed by atoms with Gasteiger partial charge in [0, 0.05) is 71.5 Å². The maximum absolute atomic E-state index is 13.4. The normalized spacial score (nSPS) is 14.6. The number of piperazine rings is 1. The average molecular weight is 506 g/mol. The van der Waals surface area contributed by atoms with E-state index in [1.807, 2.05) is 29.2 Å². The molecule has 1 amide bonds. The molecule has 0 saturated carbocycles. The molecule has 180 valence electrons. The van der Waals surface area contributed by atoms with Crippen molar-refractivity contribution in [2.24, 2.45) is 0 Å². The lowest BCUT2D eigenvalue weighted by Gasteiger charge is -2.35. The number of hydrogen-bond donors (Lipinski definition) is 0. The Morgan fingerprint density at radius 3 is 2.31 bits per heavy atom. The molecule has 1 aromatic heterocycles. The van der Waals surface area contributed by atoms with Crippen molar-refractivity contribution in [1.29, 1.82) is 0 Å². The van der Waals surface area contributed by atoms with Crippen molar-refractivity contribution in [2.45, 2.75) is 26.9 Å². The van der Waals surface area contributed by atoms with Crippen molar-refractivity contribution in [3.63, 3.8) is 0 Å². The van der Waals surface area contributed by atoms with Crippen LogP contribution in [0.3, 0.4) is 0 Å². The number of nitrogens with zero attached hydrogens (tertiary/aromatic N) is 3. The van der Waals surface area contributed by atoms with Crippen molar-refractivity contribution in [2.75, 3.05) is 26.2 Å². The Labute approximate surface area is 216 Å². The van der Waals surface area contributed by atoms with Crippen LogP contribution in [0.5, 0.6) is 0 Å². The highest BCUT2D eigenvalue weighted by Gasteiger charge is 2.23. The molecule has 35 heavy (non-hydrogen) atoms. The van der Waals surface area contributed by atoms with Crippen molar-refractivity contribution >= 4 is 40.0 Å². The van der Waals surface area contributed by atoms with Gasteiger partial charge < -0.3 is 9.47 Å². The van der Waals surface area contributed by atoms with Crippen LogP contribution < -0.4 is 0 Å². The predicted molar refractivity (Wildman–Crippen MR) is 145 cm³/mol. The Morgan fingerprint density at radius 2 is 1.60 bits per heavy atom. The molecule has 1 saturated heterocycles. The fraction of sp³-hybridized carbons (Fsp3) is 0.276. The van der Waals surface area contributed by atoms with E-state index in [9.17, 15) is 4.79 Å². The molecule has 0 bridgehead atoms. The number of carbonyl (C=O) groups excluding carboxylic acids is 1. The monoisotopic (exact) mass is 505 g/mol. The quantitative estimate of drug-likeness (QED) is 0.306. The van der Waals surface area contributed by atoms with Gasteiger partial charge in [0.05, 0.1) is 0 Å². The van der Waals surface area contributed by atoms with Gasteiger partial charge >= 0.3 is 0 Å². The predicted octanol–water partition coefficient (Wildman–Crippen LogP) is 6.57. The van der Waals surface area contributed by atoms with Gasteiger partial charge in [0.15, 0.2) is 0 Å². The molecule has 4 nitrogen and oxygen atoms in total. The number of aromatic nitrogens is 1. The lowest BCUT2D eigenvalue weighted by molar-refractivity contribution is 0.0628. The first-order valence-corrected chi connectivity index (χ1v) is 12.8. The molecule has 5 rings (SSSR count). The minimum absolute atomic E-state index is 0.101. The molecular weight excluding hydrogens is 477 g/mol. The van der Waals surface area contributed by atoms with Crippen molar-refractivity contribution in [3.8, 4) is 0 Å². The number of carbonyl (C=O) groups is 1. The highest BCUT2D eigenvalue weighted by molar-refractivity contribution is 6.35. The Morgan fingerprint density at radius 1 is 0.857 bits per heavy atom. The van der Waals surface area contributed by atoms with E-state index in [1.54, 1.807) is 6.07 Å². The van der Waals surface area contributed by atoms with Crippen LogP contribution in [-0.2, 0) is 13.1 Å². The van der Waals surface area contributed by atoms with Gasteiger partial charge in [-0.25, -0.2) is 0 Å². The Hall–Kier alpha value is -2.79. The molecule has 3 aromatic carbocycles. The molecule has 4 aromatic rings. The van der Waals surface area contributed by atoms with E-state index in [0.717, 1.165) is 42.7 Å². The summed E-state index contributed by atoms with van der Waals surface area (Å²) in [5.41, 5.74) is 6.73. The maximum atomic E-state index is 13.4. The second-order valence-electron chi connectivity index (χ2n) is 9.32. The van der Waals surface area contributed by atoms with Crippen molar-refractivity contribution in [1.82, 2.24) is 14.4 Å². The van der Waals surface area contributed by atoms with Gasteiger partial charge in [-0.1, -0.05) is 59.6 Å². The van der Waals surface area contributed by atoms with Crippen LogP contribution in [0.25, 0.3) is 10.9 Å². The minimum Gasteiger partial charge on any atom is -0.340 e. The number of aryl methyl sites for hydroxylation is 1. The van der Waals surface area contributed by atoms with E-state index in [0.29, 0.717) is 23.1 Å². The molecule has 1 fully saturated rings. The minimum atomic E-state index is 0.101. The number of benzene rings is 3. The molecule has 6 heteroatoms. The molecule has 0 atom stereocenters. The second kappa shape index (κ2) is 10.1. The SMILES string of the molecule is Cc1c(C)n(Cc2ccccc2)c2ccc(C(=O)N3CCN(Cc4ccc(Cl)cc4Cl)CC3)cc12. The van der Waals surface area contributed by atoms with E-state index >= 15 is 0 Å². The summed E-state index contributed by atoms with van der Waals surface area (Å²) in [5, 5.41) is 2.49. The largest absolute Gasteiger partial charge is 0.340 e. The Kier molecular flexibility index (Phi) is 6.88. The number of rotatable bonds is 5. The van der Waals surface area contributed by atoms with Crippen LogP contribution in [-0.4, -0.2) is 46.5 Å². The number of halogens is 2. The summed E-state index contributed by atoms with van der Waals surface area (Å²) in [5.74, 6) is 0.101. The first kappa shape index (κ1) is 23.9. The number of hydrogen-bond acceptors (Lipinski definition) is 2. The summed E-state index contributed by atoms with van der Waals surface area (Å²) in [4.78, 5) is 17.7. The summed E-state index contributed by atoms with van der Waals surface area (Å²) >= 11 is 12.4. The van der Waals surface area contributed by atoms with Crippen molar-refractivity contribution in [3.05, 3.63) is 105 Å². The van der Waals surface area contributed by atoms with Crippen LogP contribution in [0, 0.1) is 13.8 Å². The molecule has 2 heterocycles. The van der Waals surface area contributed by atoms with Crippen LogP contribution >= 0.6 is 23.2 Å². The van der Waals surface area contributed by atoms with Crippen molar-refractivity contribution < 1.29 is 4.79 Å². The van der Waals surface area contributed by atoms with Crippen LogP contribution in [0.1, 0.15) is 32.7 Å². The topological polar surface area (TPSA) is 28.5 Å². The fourth-order valence-corrected chi connectivity index (χ4v) is 5.40. The molecule has 1 aliphatic rings. The molecule has 0 aliphatic carbocycles. The van der Waals surface area contributed by atoms with E-state index < -0.39 is 0 Å². The molecule has 0 N–H and O–H groups in total. The summed E-state index contributed by atoms with van der Waals surface area (Å²) in [7, 11) is 0. The smallest absolute Gasteiger partial charge is 0.253 e. The van der Waals surface area contributed by atoms with Gasteiger partial charge in [0.25, 0.3) is 5.91 Å². The highest BCUT2D eigenvalue weighted by Crippen LogP contribution is 2.28. The Balaban J connectivity index is 1.29. The summed E-state index contributed by atoms with van der Waals surface area (Å²) in [6, 6.07) is 22.3. The number of amides is 1. The third-order valence-electron chi connectivity index (χ3n) is 7.14. The standard InChI is InChI=1S/C29H29Cl2N3O/c1-20-21(2)34(18-22-6-4-3-5-7-22)28-11-9-23(16-26(20)28)29(35)33-14-12-32(13-15-33)19-24-8-10-25(30)17-27(24)31/h3-11,16-17H,12-15,18-19H2,1-2H3. The van der Waals surface area contributed by atoms with E-state index in [4.69, 9.17) is 23.2 Å². The second-order valence-corrected chi connectivity index (χ2v) is 10.2. The van der Waals surface area contributed by atoms with Crippen LogP contribution in [0.15, 0.2) is 66.7 Å². The van der Waals surface area contributed by atoms with Gasteiger partial charge in [-0.05, 0) is 60.9 Å². The molecule has 0 unspecified atom stereocenters. The zero-order chi connectivity index (χ0) is 24.5. The number of fused-ring (bicyclic) bond motifs is 1. The molecule has 1 aliphatic heterocycles. The van der Waals surface area contributed by atoms with Gasteiger partial charge in [0.1, 0.15) is 0 Å². The third kappa shape index (κ3) is 4.97. The average Bonchev–Trinajstić information content (AvgIpc) is 3.10. The first-order chi connectivity index (χ1) is 16.9. The highest BCUT2D eigenvalue weighted by atomic mass is 35.5. The van der Waals surface area contributed by atoms with Gasteiger partial charge in [0.2, 0.25) is 0 Å². The van der Waals surface area contributed by atoms with E-state index in [2.05, 4.69) is 59.7 Å². The van der Waals surface area contributed by atoms with Crippen LogP contribution in [0.4, 0.5) is 0 Å². The first-order valence-electron chi connectivity index (χ1n) is 12.0. The molecule has 0 spiro atoms. The van der Waals surface area contributed by atoms with Gasteiger partial charge in [-0.2, -0.15) is 0 Å². The van der Waals surface area contributed by atoms with E-state index in [-0.39, 0.29) is 5.91 Å². The zero-order valence-corrected chi connectivity index (χ0v) is 21.6. The summed E-state index contributed by atoms with van der Waals surface area (Å²) in [6.07, 6.45) is 0. The fourth-order valence-electron chi connectivity index (χ4n) is 4.94. The van der Waals surface area contributed by atoms with E-state index in [1.165, 1.54) is 22.3 Å². The summed E-state index contributed by atoms with van der Waals surface area (Å²) < 4.78 is 2.34. The lowest BCUT2D eigenvalue weighted by Crippen LogP contribution is -2.48. The zero-order valence-electron chi connectivity index (χ0n) is 20.1. The maximum Gasteiger partial charge on any atom is 0.253 e. The van der Waals surface area contributed by atoms with Gasteiger partial charge in [-0.15, -0.1) is 0 Å². The van der Waals surface area contributed by atoms with Gasteiger partial charge in [-0.3, -0.25) is 9.69 Å². The Bertz CT molecular complexity index is 1370. The lowest BCUT2D eigenvalue weighted by atomic mass is 10.1. The van der Waals surface area contributed by atoms with Crippen LogP contribution in [0.2, 0.25) is 10.0 Å².